The zero-order valence-electron chi connectivity index (χ0n) is 15.7. The van der Waals surface area contributed by atoms with Crippen molar-refractivity contribution in [3.63, 3.8) is 0 Å². The van der Waals surface area contributed by atoms with E-state index >= 15 is 0 Å². The molecule has 0 saturated carbocycles. The van der Waals surface area contributed by atoms with Gasteiger partial charge in [-0.25, -0.2) is 14.6 Å². The second-order valence-electron chi connectivity index (χ2n) is 7.24. The standard InChI is InChI=1S/C18H26ClN3O4/c1-5-25-16(23)13-10-21-15(19)8-14(13)20-9-12-6-7-22(11-12)17(24)26-18(2,3)4/h8,10,12H,5-7,9,11H2,1-4H3,(H,20,21). The van der Waals surface area contributed by atoms with Gasteiger partial charge in [0.05, 0.1) is 12.3 Å². The lowest BCUT2D eigenvalue weighted by Gasteiger charge is -2.24. The molecule has 1 aliphatic heterocycles. The van der Waals surface area contributed by atoms with Crippen molar-refractivity contribution in [3.05, 3.63) is 23.0 Å². The summed E-state index contributed by atoms with van der Waals surface area (Å²) in [5.74, 6) is -0.189. The molecule has 1 unspecified atom stereocenters. The Morgan fingerprint density at radius 3 is 2.81 bits per heavy atom. The highest BCUT2D eigenvalue weighted by Gasteiger charge is 2.29. The van der Waals surface area contributed by atoms with Crippen LogP contribution in [0.2, 0.25) is 5.15 Å². The number of pyridine rings is 1. The normalized spacial score (nSPS) is 17.1. The van der Waals surface area contributed by atoms with Crippen LogP contribution >= 0.6 is 11.6 Å². The predicted octanol–water partition coefficient (Wildman–Crippen LogP) is 3.58. The van der Waals surface area contributed by atoms with Crippen molar-refractivity contribution < 1.29 is 19.1 Å². The van der Waals surface area contributed by atoms with Crippen LogP contribution in [0.5, 0.6) is 0 Å². The van der Waals surface area contributed by atoms with Crippen molar-refractivity contribution in [2.45, 2.75) is 39.7 Å². The van der Waals surface area contributed by atoms with Crippen molar-refractivity contribution in [1.82, 2.24) is 9.88 Å². The fraction of sp³-hybridized carbons (Fsp3) is 0.611. The minimum absolute atomic E-state index is 0.254. The van der Waals surface area contributed by atoms with Gasteiger partial charge in [0.15, 0.2) is 0 Å². The molecular weight excluding hydrogens is 358 g/mol. The Kier molecular flexibility index (Phi) is 6.69. The summed E-state index contributed by atoms with van der Waals surface area (Å²) < 4.78 is 10.4. The highest BCUT2D eigenvalue weighted by atomic mass is 35.5. The van der Waals surface area contributed by atoms with Crippen LogP contribution in [0.4, 0.5) is 10.5 Å². The number of carbonyl (C=O) groups is 2. The van der Waals surface area contributed by atoms with E-state index in [9.17, 15) is 9.59 Å². The van der Waals surface area contributed by atoms with E-state index in [1.54, 1.807) is 17.9 Å². The van der Waals surface area contributed by atoms with Gasteiger partial charge in [0, 0.05) is 25.8 Å². The van der Waals surface area contributed by atoms with E-state index in [1.807, 2.05) is 20.8 Å². The van der Waals surface area contributed by atoms with Crippen molar-refractivity contribution in [1.29, 1.82) is 0 Å². The number of hydrogen-bond acceptors (Lipinski definition) is 6. The van der Waals surface area contributed by atoms with E-state index in [1.165, 1.54) is 6.20 Å². The Morgan fingerprint density at radius 2 is 2.15 bits per heavy atom. The first-order valence-electron chi connectivity index (χ1n) is 8.74. The third-order valence-electron chi connectivity index (χ3n) is 3.88. The highest BCUT2D eigenvalue weighted by molar-refractivity contribution is 6.29. The quantitative estimate of drug-likeness (QED) is 0.618. The van der Waals surface area contributed by atoms with Crippen LogP contribution in [0.1, 0.15) is 44.5 Å². The molecular formula is C18H26ClN3O4. The SMILES string of the molecule is CCOC(=O)c1cnc(Cl)cc1NCC1CCN(C(=O)OC(C)(C)C)C1. The Labute approximate surface area is 159 Å². The number of nitrogens with one attached hydrogen (secondary N) is 1. The van der Waals surface area contributed by atoms with Crippen molar-refractivity contribution in [2.24, 2.45) is 5.92 Å². The number of rotatable bonds is 5. The topological polar surface area (TPSA) is 80.8 Å². The fourth-order valence-corrected chi connectivity index (χ4v) is 2.85. The number of anilines is 1. The van der Waals surface area contributed by atoms with Gasteiger partial charge in [0.1, 0.15) is 16.3 Å². The molecule has 26 heavy (non-hydrogen) atoms. The van der Waals surface area contributed by atoms with Gasteiger partial charge in [-0.1, -0.05) is 11.6 Å². The summed E-state index contributed by atoms with van der Waals surface area (Å²) in [6.45, 7) is 9.45. The molecule has 1 aromatic heterocycles. The molecule has 2 rings (SSSR count). The molecule has 1 aromatic rings. The number of halogens is 1. The molecule has 8 heteroatoms. The summed E-state index contributed by atoms with van der Waals surface area (Å²) >= 11 is 5.95. The summed E-state index contributed by atoms with van der Waals surface area (Å²) in [7, 11) is 0. The molecule has 2 heterocycles. The Hall–Kier alpha value is -2.02. The maximum absolute atomic E-state index is 12.1. The van der Waals surface area contributed by atoms with Crippen LogP contribution in [-0.2, 0) is 9.47 Å². The third kappa shape index (κ3) is 5.76. The average Bonchev–Trinajstić information content (AvgIpc) is 3.00. The van der Waals surface area contributed by atoms with E-state index in [4.69, 9.17) is 21.1 Å². The van der Waals surface area contributed by atoms with Gasteiger partial charge >= 0.3 is 12.1 Å². The molecule has 1 fully saturated rings. The van der Waals surface area contributed by atoms with Crippen molar-refractivity contribution in [2.75, 3.05) is 31.6 Å². The first-order valence-corrected chi connectivity index (χ1v) is 9.12. The maximum atomic E-state index is 12.1. The summed E-state index contributed by atoms with van der Waals surface area (Å²) in [6.07, 6.45) is 1.98. The van der Waals surface area contributed by atoms with Gasteiger partial charge in [-0.2, -0.15) is 0 Å². The highest BCUT2D eigenvalue weighted by Crippen LogP contribution is 2.23. The first kappa shape index (κ1) is 20.3. The zero-order valence-corrected chi connectivity index (χ0v) is 16.4. The second-order valence-corrected chi connectivity index (χ2v) is 7.62. The number of amides is 1. The van der Waals surface area contributed by atoms with Gasteiger partial charge in [0.25, 0.3) is 0 Å². The molecule has 1 aliphatic rings. The Morgan fingerprint density at radius 1 is 1.42 bits per heavy atom. The number of ether oxygens (including phenoxy) is 2. The number of aromatic nitrogens is 1. The Bertz CT molecular complexity index is 660. The summed E-state index contributed by atoms with van der Waals surface area (Å²) in [6, 6.07) is 1.61. The van der Waals surface area contributed by atoms with Crippen LogP contribution in [0.3, 0.4) is 0 Å². The number of likely N-dealkylation sites (tertiary alicyclic amines) is 1. The summed E-state index contributed by atoms with van der Waals surface area (Å²) in [5, 5.41) is 3.53. The van der Waals surface area contributed by atoms with Crippen LogP contribution in [0.15, 0.2) is 12.3 Å². The van der Waals surface area contributed by atoms with Crippen LogP contribution in [0, 0.1) is 5.92 Å². The van der Waals surface area contributed by atoms with Gasteiger partial charge in [-0.15, -0.1) is 0 Å². The molecule has 0 bridgehead atoms. The summed E-state index contributed by atoms with van der Waals surface area (Å²) in [4.78, 5) is 29.8. The smallest absolute Gasteiger partial charge is 0.410 e. The van der Waals surface area contributed by atoms with Gasteiger partial charge in [-0.3, -0.25) is 0 Å². The molecule has 1 atom stereocenters. The lowest BCUT2D eigenvalue weighted by molar-refractivity contribution is 0.0288. The number of carbonyl (C=O) groups excluding carboxylic acids is 2. The molecule has 144 valence electrons. The predicted molar refractivity (Wildman–Crippen MR) is 99.6 cm³/mol. The average molecular weight is 384 g/mol. The van der Waals surface area contributed by atoms with Crippen LogP contribution in [0.25, 0.3) is 0 Å². The minimum atomic E-state index is -0.504. The van der Waals surface area contributed by atoms with E-state index in [2.05, 4.69) is 10.3 Å². The van der Waals surface area contributed by atoms with E-state index < -0.39 is 11.6 Å². The van der Waals surface area contributed by atoms with E-state index in [0.29, 0.717) is 36.0 Å². The largest absolute Gasteiger partial charge is 0.462 e. The number of nitrogens with zero attached hydrogens (tertiary/aromatic N) is 2. The zero-order chi connectivity index (χ0) is 19.3. The molecule has 0 aliphatic carbocycles. The molecule has 7 nitrogen and oxygen atoms in total. The molecule has 1 N–H and O–H groups in total. The number of esters is 1. The van der Waals surface area contributed by atoms with Crippen molar-refractivity contribution in [3.8, 4) is 0 Å². The van der Waals surface area contributed by atoms with Gasteiger partial charge in [-0.05, 0) is 46.1 Å². The van der Waals surface area contributed by atoms with Crippen LogP contribution < -0.4 is 5.32 Å². The molecule has 0 spiro atoms. The second kappa shape index (κ2) is 8.58. The Balaban J connectivity index is 1.94. The maximum Gasteiger partial charge on any atom is 0.410 e. The minimum Gasteiger partial charge on any atom is -0.462 e. The van der Waals surface area contributed by atoms with E-state index in [0.717, 1.165) is 6.42 Å². The fourth-order valence-electron chi connectivity index (χ4n) is 2.69. The van der Waals surface area contributed by atoms with Crippen LogP contribution in [-0.4, -0.2) is 53.8 Å². The van der Waals surface area contributed by atoms with E-state index in [-0.39, 0.29) is 18.6 Å². The van der Waals surface area contributed by atoms with Gasteiger partial charge in [0.2, 0.25) is 0 Å². The third-order valence-corrected chi connectivity index (χ3v) is 4.09. The molecule has 0 aromatic carbocycles. The summed E-state index contributed by atoms with van der Waals surface area (Å²) in [5.41, 5.74) is 0.424. The molecule has 1 saturated heterocycles. The monoisotopic (exact) mass is 383 g/mol. The lowest BCUT2D eigenvalue weighted by Crippen LogP contribution is -2.35. The number of hydrogen-bond donors (Lipinski definition) is 1. The first-order chi connectivity index (χ1) is 12.2. The molecule has 1 amide bonds. The van der Waals surface area contributed by atoms with Gasteiger partial charge < -0.3 is 19.7 Å². The molecule has 0 radical (unpaired) electrons. The lowest BCUT2D eigenvalue weighted by atomic mass is 10.1. The van der Waals surface area contributed by atoms with Crippen molar-refractivity contribution >= 4 is 29.4 Å².